The van der Waals surface area contributed by atoms with Gasteiger partial charge >= 0.3 is 5.97 Å². The molecule has 0 saturated carbocycles. The molecule has 5 nitrogen and oxygen atoms in total. The molecule has 0 spiro atoms. The van der Waals surface area contributed by atoms with Crippen molar-refractivity contribution in [2.24, 2.45) is 5.41 Å². The van der Waals surface area contributed by atoms with Gasteiger partial charge in [0.1, 0.15) is 17.2 Å². The molecule has 2 rings (SSSR count). The minimum absolute atomic E-state index is 0.0246. The van der Waals surface area contributed by atoms with Gasteiger partial charge in [-0.1, -0.05) is 20.8 Å². The Hall–Kier alpha value is -3.08. The summed E-state index contributed by atoms with van der Waals surface area (Å²) in [5, 5.41) is 0. The zero-order valence-electron chi connectivity index (χ0n) is 22.8. The Labute approximate surface area is 210 Å². The number of ether oxygens (including phenoxy) is 3. The molecule has 0 heterocycles. The predicted octanol–water partition coefficient (Wildman–Crippen LogP) is 7.41. The Kier molecular flexibility index (Phi) is 8.94. The summed E-state index contributed by atoms with van der Waals surface area (Å²) in [4.78, 5) is 25.0. The van der Waals surface area contributed by atoms with E-state index in [9.17, 15) is 9.59 Å². The van der Waals surface area contributed by atoms with Crippen molar-refractivity contribution in [1.29, 1.82) is 0 Å². The molecule has 0 aliphatic rings. The van der Waals surface area contributed by atoms with Gasteiger partial charge in [-0.05, 0) is 96.4 Å². The number of esters is 1. The molecule has 2 aromatic rings. The fourth-order valence-electron chi connectivity index (χ4n) is 3.21. The van der Waals surface area contributed by atoms with Crippen LogP contribution in [0.1, 0.15) is 90.7 Å². The minimum Gasteiger partial charge on any atom is -0.491 e. The van der Waals surface area contributed by atoms with E-state index >= 15 is 0 Å². The fraction of sp³-hybridized carbons (Fsp3) is 0.467. The molecule has 0 atom stereocenters. The molecule has 2 aromatic carbocycles. The molecule has 0 bridgehead atoms. The summed E-state index contributed by atoms with van der Waals surface area (Å²) in [6.45, 7) is 19.7. The molecule has 190 valence electrons. The van der Waals surface area contributed by atoms with Crippen LogP contribution >= 0.6 is 0 Å². The molecule has 0 aliphatic heterocycles. The quantitative estimate of drug-likeness (QED) is 0.170. The van der Waals surface area contributed by atoms with Crippen molar-refractivity contribution < 1.29 is 23.8 Å². The molecule has 0 unspecified atom stereocenters. The summed E-state index contributed by atoms with van der Waals surface area (Å²) >= 11 is 0. The highest BCUT2D eigenvalue weighted by atomic mass is 16.5. The van der Waals surface area contributed by atoms with Crippen molar-refractivity contribution >= 4 is 17.8 Å². The summed E-state index contributed by atoms with van der Waals surface area (Å²) in [6, 6.07) is 10.5. The Morgan fingerprint density at radius 3 is 1.83 bits per heavy atom. The normalized spacial score (nSPS) is 12.3. The Morgan fingerprint density at radius 2 is 1.34 bits per heavy atom. The monoisotopic (exact) mass is 480 g/mol. The van der Waals surface area contributed by atoms with E-state index in [0.29, 0.717) is 17.1 Å². The fourth-order valence-corrected chi connectivity index (χ4v) is 3.21. The molecule has 35 heavy (non-hydrogen) atoms. The first kappa shape index (κ1) is 28.2. The van der Waals surface area contributed by atoms with Crippen LogP contribution in [0.2, 0.25) is 0 Å². The van der Waals surface area contributed by atoms with E-state index in [2.05, 4.69) is 20.8 Å². The molecular weight excluding hydrogens is 440 g/mol. The second-order valence-corrected chi connectivity index (χ2v) is 11.3. The van der Waals surface area contributed by atoms with Gasteiger partial charge in [-0.15, -0.1) is 0 Å². The van der Waals surface area contributed by atoms with Crippen LogP contribution in [-0.2, 0) is 10.2 Å². The topological polar surface area (TPSA) is 61.8 Å². The van der Waals surface area contributed by atoms with E-state index in [1.807, 2.05) is 39.8 Å². The SMILES string of the molecule is CC(C)Oc1cc(OC(C)C)c(C(C)(C)C)cc1/C=C/C(=O)c1ccc(OC(=O)C(C)(C)C)cc1. The Bertz CT molecular complexity index is 1060. The largest absolute Gasteiger partial charge is 0.491 e. The van der Waals surface area contributed by atoms with E-state index in [4.69, 9.17) is 14.2 Å². The number of hydrogen-bond acceptors (Lipinski definition) is 5. The second kappa shape index (κ2) is 11.1. The van der Waals surface area contributed by atoms with Crippen LogP contribution in [0.4, 0.5) is 0 Å². The van der Waals surface area contributed by atoms with Crippen LogP contribution in [0.25, 0.3) is 6.08 Å². The maximum atomic E-state index is 12.9. The zero-order valence-corrected chi connectivity index (χ0v) is 22.8. The molecule has 0 amide bonds. The molecular formula is C30H40O5. The van der Waals surface area contributed by atoms with Crippen molar-refractivity contribution in [2.75, 3.05) is 0 Å². The first-order valence-electron chi connectivity index (χ1n) is 12.1. The molecule has 0 aromatic heterocycles. The molecule has 0 saturated heterocycles. The van der Waals surface area contributed by atoms with Gasteiger partial charge in [0.2, 0.25) is 0 Å². The van der Waals surface area contributed by atoms with Crippen molar-refractivity contribution in [2.45, 2.75) is 86.9 Å². The smallest absolute Gasteiger partial charge is 0.316 e. The molecule has 0 N–H and O–H groups in total. The van der Waals surface area contributed by atoms with E-state index < -0.39 is 5.41 Å². The van der Waals surface area contributed by atoms with Gasteiger partial charge in [-0.3, -0.25) is 9.59 Å². The van der Waals surface area contributed by atoms with Crippen LogP contribution in [0, 0.1) is 5.41 Å². The summed E-state index contributed by atoms with van der Waals surface area (Å²) in [6.07, 6.45) is 3.31. The lowest BCUT2D eigenvalue weighted by Gasteiger charge is -2.26. The zero-order chi connectivity index (χ0) is 26.6. The Morgan fingerprint density at radius 1 is 0.800 bits per heavy atom. The van der Waals surface area contributed by atoms with E-state index in [1.165, 1.54) is 6.08 Å². The number of allylic oxidation sites excluding steroid dienone is 1. The average molecular weight is 481 g/mol. The summed E-state index contributed by atoms with van der Waals surface area (Å²) in [7, 11) is 0. The third-order valence-corrected chi connectivity index (χ3v) is 5.02. The van der Waals surface area contributed by atoms with Gasteiger partial charge in [0.25, 0.3) is 0 Å². The van der Waals surface area contributed by atoms with Crippen LogP contribution in [0.3, 0.4) is 0 Å². The number of rotatable bonds is 8. The lowest BCUT2D eigenvalue weighted by molar-refractivity contribution is -0.143. The lowest BCUT2D eigenvalue weighted by atomic mass is 9.85. The van der Waals surface area contributed by atoms with Gasteiger partial charge in [-0.25, -0.2) is 0 Å². The van der Waals surface area contributed by atoms with Crippen LogP contribution < -0.4 is 14.2 Å². The maximum absolute atomic E-state index is 12.9. The van der Waals surface area contributed by atoms with Gasteiger partial charge in [0, 0.05) is 22.8 Å². The van der Waals surface area contributed by atoms with Crippen LogP contribution in [0.5, 0.6) is 17.2 Å². The number of hydrogen-bond donors (Lipinski definition) is 0. The molecule has 0 aliphatic carbocycles. The maximum Gasteiger partial charge on any atom is 0.316 e. The van der Waals surface area contributed by atoms with E-state index in [-0.39, 0.29) is 29.4 Å². The standard InChI is InChI=1S/C30H40O5/c1-19(2)33-26-18-27(34-20(3)4)24(29(5,6)7)17-22(26)13-16-25(31)21-11-14-23(15-12-21)35-28(32)30(8,9)10/h11-20H,1-10H3/b16-13+. The first-order chi connectivity index (χ1) is 16.1. The second-order valence-electron chi connectivity index (χ2n) is 11.3. The third kappa shape index (κ3) is 8.27. The Balaban J connectivity index is 2.36. The van der Waals surface area contributed by atoms with Crippen molar-refractivity contribution in [3.63, 3.8) is 0 Å². The number of carbonyl (C=O) groups excluding carboxylic acids is 2. The lowest BCUT2D eigenvalue weighted by Crippen LogP contribution is -2.25. The molecule has 5 heteroatoms. The number of benzene rings is 2. The van der Waals surface area contributed by atoms with Gasteiger partial charge in [0.15, 0.2) is 5.78 Å². The van der Waals surface area contributed by atoms with Crippen LogP contribution in [0.15, 0.2) is 42.5 Å². The van der Waals surface area contributed by atoms with E-state index in [0.717, 1.165) is 16.9 Å². The van der Waals surface area contributed by atoms with Gasteiger partial charge in [-0.2, -0.15) is 0 Å². The first-order valence-corrected chi connectivity index (χ1v) is 12.1. The van der Waals surface area contributed by atoms with Crippen molar-refractivity contribution in [3.05, 3.63) is 59.2 Å². The average Bonchev–Trinajstić information content (AvgIpc) is 2.71. The molecule has 0 radical (unpaired) electrons. The minimum atomic E-state index is -0.603. The highest BCUT2D eigenvalue weighted by molar-refractivity contribution is 6.07. The summed E-state index contributed by atoms with van der Waals surface area (Å²) in [5.74, 6) is 1.38. The summed E-state index contributed by atoms with van der Waals surface area (Å²) in [5.41, 5.74) is 1.59. The van der Waals surface area contributed by atoms with Crippen LogP contribution in [-0.4, -0.2) is 24.0 Å². The number of ketones is 1. The van der Waals surface area contributed by atoms with E-state index in [1.54, 1.807) is 51.1 Å². The summed E-state index contributed by atoms with van der Waals surface area (Å²) < 4.78 is 17.5. The van der Waals surface area contributed by atoms with Gasteiger partial charge < -0.3 is 14.2 Å². The van der Waals surface area contributed by atoms with Crippen molar-refractivity contribution in [1.82, 2.24) is 0 Å². The van der Waals surface area contributed by atoms with Crippen molar-refractivity contribution in [3.8, 4) is 17.2 Å². The highest BCUT2D eigenvalue weighted by Crippen LogP contribution is 2.38. The predicted molar refractivity (Wildman–Crippen MR) is 142 cm³/mol. The molecule has 0 fully saturated rings. The number of carbonyl (C=O) groups is 2. The third-order valence-electron chi connectivity index (χ3n) is 5.02. The van der Waals surface area contributed by atoms with Gasteiger partial charge in [0.05, 0.1) is 17.6 Å². The highest BCUT2D eigenvalue weighted by Gasteiger charge is 2.24.